The first-order valence-corrected chi connectivity index (χ1v) is 12.6. The van der Waals surface area contributed by atoms with Gasteiger partial charge in [-0.1, -0.05) is 49.7 Å². The maximum absolute atomic E-state index is 12.3. The molecule has 42 heavy (non-hydrogen) atoms. The quantitative estimate of drug-likeness (QED) is 0.231. The topological polar surface area (TPSA) is 119 Å². The summed E-state index contributed by atoms with van der Waals surface area (Å²) in [7, 11) is 0. The minimum absolute atomic E-state index is 0.125. The molecule has 0 aliphatic heterocycles. The van der Waals surface area contributed by atoms with Crippen LogP contribution in [0.3, 0.4) is 0 Å². The standard InChI is InChI=1S/C25H26F3N5O2.C2HF3O2/c1-16(2)6-4-7-18-8-5-9-19(14-18)15-33-17(3)29-23(31-33)24-30-22(32-35-24)20-10-12-21(13-11-20)34-25(26,27)28;3-2(4,5)1(6)7/h5,8-14,16H,4,6-7,15H2,1-3H3;(H,6,7)/p-1. The van der Waals surface area contributed by atoms with Gasteiger partial charge in [-0.3, -0.25) is 0 Å². The van der Waals surface area contributed by atoms with Crippen molar-refractivity contribution in [2.24, 2.45) is 5.92 Å². The molecule has 0 radical (unpaired) electrons. The van der Waals surface area contributed by atoms with E-state index in [-0.39, 0.29) is 23.3 Å². The van der Waals surface area contributed by atoms with Crippen LogP contribution in [0.1, 0.15) is 43.6 Å². The van der Waals surface area contributed by atoms with Crippen LogP contribution in [0, 0.1) is 12.8 Å². The highest BCUT2D eigenvalue weighted by Crippen LogP contribution is 2.26. The fourth-order valence-electron chi connectivity index (χ4n) is 3.67. The molecule has 0 aliphatic carbocycles. The van der Waals surface area contributed by atoms with Gasteiger partial charge in [0.05, 0.1) is 6.54 Å². The first-order chi connectivity index (χ1) is 19.6. The molecule has 0 N–H and O–H groups in total. The van der Waals surface area contributed by atoms with E-state index < -0.39 is 18.5 Å². The number of alkyl halides is 6. The molecule has 226 valence electrons. The van der Waals surface area contributed by atoms with E-state index in [1.54, 1.807) is 4.68 Å². The van der Waals surface area contributed by atoms with Gasteiger partial charge in [0.2, 0.25) is 11.6 Å². The Morgan fingerprint density at radius 1 is 1.00 bits per heavy atom. The van der Waals surface area contributed by atoms with Crippen LogP contribution in [0.5, 0.6) is 5.75 Å². The summed E-state index contributed by atoms with van der Waals surface area (Å²) in [5.74, 6) is -1.33. The normalized spacial score (nSPS) is 11.8. The van der Waals surface area contributed by atoms with Crippen LogP contribution in [-0.4, -0.2) is 43.4 Å². The molecule has 0 fully saturated rings. The van der Waals surface area contributed by atoms with E-state index in [0.717, 1.165) is 18.4 Å². The van der Waals surface area contributed by atoms with Crippen molar-refractivity contribution in [1.82, 2.24) is 24.9 Å². The molecule has 0 amide bonds. The third-order valence-corrected chi connectivity index (χ3v) is 5.62. The maximum Gasteiger partial charge on any atom is 0.573 e. The largest absolute Gasteiger partial charge is 0.573 e. The maximum atomic E-state index is 12.3. The second-order valence-electron chi connectivity index (χ2n) is 9.53. The summed E-state index contributed by atoms with van der Waals surface area (Å²) in [6.07, 6.45) is -6.54. The van der Waals surface area contributed by atoms with Crippen molar-refractivity contribution in [3.63, 3.8) is 0 Å². The third-order valence-electron chi connectivity index (χ3n) is 5.62. The SMILES string of the molecule is Cc1nc(-c2nc(-c3ccc(OC(F)(F)F)cc3)no2)nn1Cc1cccc(CCCC(C)C)c1.O=C([O-])C(F)(F)F. The zero-order valence-electron chi connectivity index (χ0n) is 22.7. The molecule has 0 aliphatic rings. The smallest absolute Gasteiger partial charge is 0.542 e. The number of aliphatic carboxylic acids is 1. The van der Waals surface area contributed by atoms with Gasteiger partial charge in [0, 0.05) is 5.56 Å². The van der Waals surface area contributed by atoms with Crippen molar-refractivity contribution < 1.29 is 45.5 Å². The molecule has 0 atom stereocenters. The number of benzene rings is 2. The molecule has 4 aromatic rings. The Kier molecular flexibility index (Phi) is 10.3. The third kappa shape index (κ3) is 9.89. The van der Waals surface area contributed by atoms with Gasteiger partial charge in [0.25, 0.3) is 5.89 Å². The van der Waals surface area contributed by atoms with Crippen LogP contribution < -0.4 is 9.84 Å². The zero-order valence-corrected chi connectivity index (χ0v) is 22.7. The Balaban J connectivity index is 0.000000616. The van der Waals surface area contributed by atoms with Crippen LogP contribution in [0.4, 0.5) is 26.3 Å². The van der Waals surface area contributed by atoms with Crippen molar-refractivity contribution >= 4 is 5.97 Å². The lowest BCUT2D eigenvalue weighted by Crippen LogP contribution is -2.37. The van der Waals surface area contributed by atoms with E-state index in [1.807, 2.05) is 6.92 Å². The number of carbonyl (C=O) groups excluding carboxylic acids is 1. The molecule has 15 heteroatoms. The van der Waals surface area contributed by atoms with Crippen molar-refractivity contribution in [1.29, 1.82) is 0 Å². The van der Waals surface area contributed by atoms with E-state index >= 15 is 0 Å². The average Bonchev–Trinajstić information content (AvgIpc) is 3.51. The van der Waals surface area contributed by atoms with E-state index in [4.69, 9.17) is 14.4 Å². The van der Waals surface area contributed by atoms with Gasteiger partial charge in [0.15, 0.2) is 0 Å². The number of carboxylic acid groups (broad SMARTS) is 1. The summed E-state index contributed by atoms with van der Waals surface area (Å²) in [6, 6.07) is 13.7. The van der Waals surface area contributed by atoms with Crippen LogP contribution >= 0.6 is 0 Å². The average molecular weight is 599 g/mol. The molecule has 2 heterocycles. The number of halogens is 6. The Morgan fingerprint density at radius 2 is 1.64 bits per heavy atom. The van der Waals surface area contributed by atoms with Crippen molar-refractivity contribution in [2.45, 2.75) is 59.1 Å². The predicted octanol–water partition coefficient (Wildman–Crippen LogP) is 5.53. The summed E-state index contributed by atoms with van der Waals surface area (Å²) in [5.41, 5.74) is 2.90. The number of aryl methyl sites for hydroxylation is 2. The van der Waals surface area contributed by atoms with E-state index in [1.165, 1.54) is 36.2 Å². The van der Waals surface area contributed by atoms with Gasteiger partial charge < -0.3 is 19.2 Å². The molecular formula is C27H26F6N5O4-. The molecule has 0 spiro atoms. The lowest BCUT2D eigenvalue weighted by atomic mass is 10.0. The van der Waals surface area contributed by atoms with Crippen LogP contribution in [0.25, 0.3) is 23.1 Å². The van der Waals surface area contributed by atoms with E-state index in [0.29, 0.717) is 23.9 Å². The fraction of sp³-hybridized carbons (Fsp3) is 0.370. The molecule has 4 rings (SSSR count). The molecule has 0 bridgehead atoms. The molecule has 0 unspecified atom stereocenters. The molecular weight excluding hydrogens is 572 g/mol. The van der Waals surface area contributed by atoms with Gasteiger partial charge in [0.1, 0.15) is 17.5 Å². The van der Waals surface area contributed by atoms with Gasteiger partial charge >= 0.3 is 12.5 Å². The van der Waals surface area contributed by atoms with E-state index in [9.17, 15) is 26.3 Å². The number of nitrogens with zero attached hydrogens (tertiary/aromatic N) is 5. The van der Waals surface area contributed by atoms with Crippen LogP contribution in [0.2, 0.25) is 0 Å². The van der Waals surface area contributed by atoms with Crippen LogP contribution in [-0.2, 0) is 17.8 Å². The van der Waals surface area contributed by atoms with Crippen molar-refractivity contribution in [2.75, 3.05) is 0 Å². The van der Waals surface area contributed by atoms with Gasteiger partial charge in [-0.2, -0.15) is 18.2 Å². The Bertz CT molecular complexity index is 1460. The lowest BCUT2D eigenvalue weighted by Gasteiger charge is -2.08. The highest BCUT2D eigenvalue weighted by atomic mass is 19.4. The van der Waals surface area contributed by atoms with Gasteiger partial charge in [-0.05, 0) is 61.1 Å². The summed E-state index contributed by atoms with van der Waals surface area (Å²) in [4.78, 5) is 17.5. The second-order valence-corrected chi connectivity index (χ2v) is 9.53. The Hall–Kier alpha value is -4.43. The first-order valence-electron chi connectivity index (χ1n) is 12.6. The van der Waals surface area contributed by atoms with Crippen LogP contribution in [0.15, 0.2) is 53.1 Å². The lowest BCUT2D eigenvalue weighted by molar-refractivity contribution is -0.344. The summed E-state index contributed by atoms with van der Waals surface area (Å²) in [5, 5.41) is 17.2. The summed E-state index contributed by atoms with van der Waals surface area (Å²) < 4.78 is 79.5. The number of hydrogen-bond acceptors (Lipinski definition) is 8. The number of carbonyl (C=O) groups is 1. The number of carboxylic acids is 1. The van der Waals surface area contributed by atoms with Gasteiger partial charge in [-0.15, -0.1) is 18.3 Å². The predicted molar refractivity (Wildman–Crippen MR) is 135 cm³/mol. The Labute approximate surface area is 236 Å². The van der Waals surface area contributed by atoms with Crippen molar-refractivity contribution in [3.05, 3.63) is 65.5 Å². The highest BCUT2D eigenvalue weighted by Gasteiger charge is 2.31. The fourth-order valence-corrected chi connectivity index (χ4v) is 3.67. The molecule has 0 saturated carbocycles. The highest BCUT2D eigenvalue weighted by molar-refractivity contribution is 5.70. The molecule has 9 nitrogen and oxygen atoms in total. The van der Waals surface area contributed by atoms with Gasteiger partial charge in [-0.25, -0.2) is 9.67 Å². The molecule has 2 aromatic carbocycles. The van der Waals surface area contributed by atoms with Crippen molar-refractivity contribution in [3.8, 4) is 28.9 Å². The summed E-state index contributed by atoms with van der Waals surface area (Å²) in [6.45, 7) is 6.87. The number of hydrogen-bond donors (Lipinski definition) is 0. The molecule has 0 saturated heterocycles. The second kappa shape index (κ2) is 13.5. The first kappa shape index (κ1) is 32.1. The number of aromatic nitrogens is 5. The summed E-state index contributed by atoms with van der Waals surface area (Å²) >= 11 is 0. The minimum Gasteiger partial charge on any atom is -0.542 e. The zero-order chi connectivity index (χ0) is 31.1. The molecule has 2 aromatic heterocycles. The Morgan fingerprint density at radius 3 is 2.24 bits per heavy atom. The monoisotopic (exact) mass is 598 g/mol. The number of ether oxygens (including phenoxy) is 1. The number of rotatable bonds is 9. The van der Waals surface area contributed by atoms with E-state index in [2.05, 4.69) is 63.1 Å². The minimum atomic E-state index is -5.19.